The van der Waals surface area contributed by atoms with Gasteiger partial charge in [-0.1, -0.05) is 24.3 Å². The van der Waals surface area contributed by atoms with E-state index in [0.717, 1.165) is 12.1 Å². The molecule has 170 valence electrons. The Kier molecular flexibility index (Phi) is 5.02. The summed E-state index contributed by atoms with van der Waals surface area (Å²) in [5, 5.41) is 2.42. The van der Waals surface area contributed by atoms with Crippen molar-refractivity contribution in [3.05, 3.63) is 82.2 Å². The standard InChI is InChI=1S/C21H12F4N2O5S/c22-13-6-5-9(7-12(13)21(23,24)25)27-14-8-15(33(30,31)32)18(26)17-16(14)19(28)10-3-1-2-4-11(10)20(17)29/h1-8,27H,26H2,(H,30,31,32). The Bertz CT molecular complexity index is 1470. The van der Waals surface area contributed by atoms with Gasteiger partial charge in [0.05, 0.1) is 28.1 Å². The molecule has 1 aliphatic carbocycles. The van der Waals surface area contributed by atoms with Crippen LogP contribution in [0.4, 0.5) is 34.6 Å². The smallest absolute Gasteiger partial charge is 0.397 e. The molecule has 3 aromatic rings. The van der Waals surface area contributed by atoms with E-state index in [-0.39, 0.29) is 16.8 Å². The average molecular weight is 480 g/mol. The number of benzene rings is 3. The zero-order chi connectivity index (χ0) is 24.3. The number of halogens is 4. The number of carbonyl (C=O) groups excluding carboxylic acids is 2. The zero-order valence-electron chi connectivity index (χ0n) is 16.2. The van der Waals surface area contributed by atoms with Crippen molar-refractivity contribution in [2.75, 3.05) is 11.1 Å². The topological polar surface area (TPSA) is 127 Å². The van der Waals surface area contributed by atoms with E-state index in [1.165, 1.54) is 24.3 Å². The lowest BCUT2D eigenvalue weighted by Crippen LogP contribution is -2.25. The van der Waals surface area contributed by atoms with Crippen LogP contribution < -0.4 is 11.1 Å². The van der Waals surface area contributed by atoms with Gasteiger partial charge in [-0.25, -0.2) is 4.39 Å². The van der Waals surface area contributed by atoms with Crippen molar-refractivity contribution < 1.29 is 40.1 Å². The molecule has 0 radical (unpaired) electrons. The molecule has 0 bridgehead atoms. The fourth-order valence-electron chi connectivity index (χ4n) is 3.58. The van der Waals surface area contributed by atoms with Crippen LogP contribution in [0.3, 0.4) is 0 Å². The number of nitrogens with two attached hydrogens (primary N) is 1. The number of rotatable bonds is 3. The summed E-state index contributed by atoms with van der Waals surface area (Å²) in [6.45, 7) is 0. The van der Waals surface area contributed by atoms with Gasteiger partial charge in [0.2, 0.25) is 0 Å². The van der Waals surface area contributed by atoms with Crippen molar-refractivity contribution in [3.63, 3.8) is 0 Å². The molecule has 0 saturated carbocycles. The van der Waals surface area contributed by atoms with Crippen molar-refractivity contribution in [1.29, 1.82) is 0 Å². The number of fused-ring (bicyclic) bond motifs is 2. The van der Waals surface area contributed by atoms with Crippen LogP contribution in [0.1, 0.15) is 37.4 Å². The highest BCUT2D eigenvalue weighted by atomic mass is 32.2. The quantitative estimate of drug-likeness (QED) is 0.228. The van der Waals surface area contributed by atoms with Crippen LogP contribution in [-0.4, -0.2) is 24.5 Å². The van der Waals surface area contributed by atoms with Gasteiger partial charge in [0.25, 0.3) is 10.1 Å². The molecule has 0 heterocycles. The lowest BCUT2D eigenvalue weighted by atomic mass is 9.82. The first-order valence-corrected chi connectivity index (χ1v) is 10.5. The molecule has 7 nitrogen and oxygen atoms in total. The Morgan fingerprint density at radius 2 is 1.48 bits per heavy atom. The predicted molar refractivity (Wildman–Crippen MR) is 109 cm³/mol. The molecule has 0 aromatic heterocycles. The Morgan fingerprint density at radius 1 is 0.909 bits per heavy atom. The van der Waals surface area contributed by atoms with E-state index in [4.69, 9.17) is 5.73 Å². The minimum atomic E-state index is -5.04. The molecule has 33 heavy (non-hydrogen) atoms. The molecule has 0 spiro atoms. The number of hydrogen-bond acceptors (Lipinski definition) is 6. The third kappa shape index (κ3) is 3.72. The summed E-state index contributed by atoms with van der Waals surface area (Å²) in [6, 6.07) is 8.19. The fourth-order valence-corrected chi connectivity index (χ4v) is 4.23. The molecule has 0 amide bonds. The van der Waals surface area contributed by atoms with E-state index in [0.29, 0.717) is 12.1 Å². The fraction of sp³-hybridized carbons (Fsp3) is 0.0476. The summed E-state index contributed by atoms with van der Waals surface area (Å²) in [6.07, 6.45) is -5.04. The monoisotopic (exact) mass is 480 g/mol. The summed E-state index contributed by atoms with van der Waals surface area (Å²) < 4.78 is 86.2. The predicted octanol–water partition coefficient (Wildman–Crippen LogP) is 4.19. The van der Waals surface area contributed by atoms with E-state index in [2.05, 4.69) is 5.32 Å². The van der Waals surface area contributed by atoms with Crippen molar-refractivity contribution in [3.8, 4) is 0 Å². The molecule has 0 aliphatic heterocycles. The molecular formula is C21H12F4N2O5S. The van der Waals surface area contributed by atoms with Gasteiger partial charge in [0.1, 0.15) is 10.7 Å². The first-order chi connectivity index (χ1) is 15.3. The molecule has 3 aromatic carbocycles. The van der Waals surface area contributed by atoms with Crippen LogP contribution in [0.5, 0.6) is 0 Å². The van der Waals surface area contributed by atoms with Crippen molar-refractivity contribution in [1.82, 2.24) is 0 Å². The van der Waals surface area contributed by atoms with Gasteiger partial charge in [0.15, 0.2) is 11.6 Å². The average Bonchev–Trinajstić information content (AvgIpc) is 2.72. The first-order valence-electron chi connectivity index (χ1n) is 9.07. The van der Waals surface area contributed by atoms with Crippen LogP contribution in [0.15, 0.2) is 53.4 Å². The highest BCUT2D eigenvalue weighted by Gasteiger charge is 2.37. The van der Waals surface area contributed by atoms with Crippen molar-refractivity contribution in [2.24, 2.45) is 0 Å². The van der Waals surface area contributed by atoms with Crippen LogP contribution in [0.25, 0.3) is 0 Å². The number of anilines is 3. The highest BCUT2D eigenvalue weighted by Crippen LogP contribution is 2.41. The summed E-state index contributed by atoms with van der Waals surface area (Å²) in [4.78, 5) is 25.3. The number of nitrogens with one attached hydrogen (secondary N) is 1. The molecule has 4 rings (SSSR count). The second-order valence-electron chi connectivity index (χ2n) is 7.08. The number of hydrogen-bond donors (Lipinski definition) is 3. The van der Waals surface area contributed by atoms with Crippen LogP contribution >= 0.6 is 0 Å². The maximum Gasteiger partial charge on any atom is 0.419 e. The molecule has 12 heteroatoms. The van der Waals surface area contributed by atoms with Gasteiger partial charge in [-0.3, -0.25) is 14.1 Å². The number of ketones is 2. The second kappa shape index (κ2) is 7.39. The normalized spacial score (nSPS) is 13.5. The summed E-state index contributed by atoms with van der Waals surface area (Å²) in [5.41, 5.74) is 1.70. The van der Waals surface area contributed by atoms with Gasteiger partial charge in [-0.15, -0.1) is 0 Å². The molecule has 0 saturated heterocycles. The van der Waals surface area contributed by atoms with Gasteiger partial charge in [0, 0.05) is 16.8 Å². The van der Waals surface area contributed by atoms with Gasteiger partial charge >= 0.3 is 6.18 Å². The van der Waals surface area contributed by atoms with Crippen molar-refractivity contribution >= 4 is 38.7 Å². The lowest BCUT2D eigenvalue weighted by Gasteiger charge is -2.23. The Labute approximate surface area is 183 Å². The summed E-state index contributed by atoms with van der Waals surface area (Å²) in [7, 11) is -5.01. The maximum atomic E-state index is 13.7. The number of nitrogen functional groups attached to an aromatic ring is 1. The SMILES string of the molecule is Nc1c(S(=O)(=O)O)cc(Nc2ccc(F)c(C(F)(F)F)c2)c2c1C(=O)c1ccccc1C2=O. The Hall–Kier alpha value is -3.77. The molecule has 4 N–H and O–H groups in total. The van der Waals surface area contributed by atoms with E-state index < -0.39 is 66.6 Å². The van der Waals surface area contributed by atoms with E-state index in [1.807, 2.05) is 0 Å². The molecule has 1 aliphatic rings. The largest absolute Gasteiger partial charge is 0.419 e. The van der Waals surface area contributed by atoms with Gasteiger partial charge in [-0.05, 0) is 24.3 Å². The Morgan fingerprint density at radius 3 is 2.03 bits per heavy atom. The third-order valence-corrected chi connectivity index (χ3v) is 5.92. The van der Waals surface area contributed by atoms with E-state index in [9.17, 15) is 40.1 Å². The molecule has 0 atom stereocenters. The molecule has 0 fully saturated rings. The number of carbonyl (C=O) groups is 2. The van der Waals surface area contributed by atoms with E-state index in [1.54, 1.807) is 0 Å². The first kappa shape index (κ1) is 22.4. The van der Waals surface area contributed by atoms with Crippen LogP contribution in [0, 0.1) is 5.82 Å². The van der Waals surface area contributed by atoms with E-state index >= 15 is 0 Å². The van der Waals surface area contributed by atoms with Crippen molar-refractivity contribution in [2.45, 2.75) is 11.1 Å². The van der Waals surface area contributed by atoms with Gasteiger partial charge in [-0.2, -0.15) is 21.6 Å². The van der Waals surface area contributed by atoms with Crippen LogP contribution in [0.2, 0.25) is 0 Å². The molecule has 0 unspecified atom stereocenters. The second-order valence-corrected chi connectivity index (χ2v) is 8.47. The molecular weight excluding hydrogens is 468 g/mol. The minimum absolute atomic E-state index is 0.0351. The summed E-state index contributed by atoms with van der Waals surface area (Å²) >= 11 is 0. The maximum absolute atomic E-state index is 13.7. The summed E-state index contributed by atoms with van der Waals surface area (Å²) in [5.74, 6) is -3.12. The highest BCUT2D eigenvalue weighted by molar-refractivity contribution is 7.86. The third-order valence-electron chi connectivity index (χ3n) is 5.03. The minimum Gasteiger partial charge on any atom is -0.397 e. The Balaban J connectivity index is 1.99. The number of alkyl halides is 3. The van der Waals surface area contributed by atoms with Crippen LogP contribution in [-0.2, 0) is 16.3 Å². The zero-order valence-corrected chi connectivity index (χ0v) is 17.0. The lowest BCUT2D eigenvalue weighted by molar-refractivity contribution is -0.139. The van der Waals surface area contributed by atoms with Gasteiger partial charge < -0.3 is 11.1 Å².